The summed E-state index contributed by atoms with van der Waals surface area (Å²) in [5.41, 5.74) is 0. The number of nitrogens with one attached hydrogen (secondary N) is 1. The molecule has 2 aliphatic rings. The Bertz CT molecular complexity index is 327. The van der Waals surface area contributed by atoms with Crippen molar-refractivity contribution in [3.05, 3.63) is 0 Å². The van der Waals surface area contributed by atoms with Crippen molar-refractivity contribution in [2.45, 2.75) is 37.0 Å². The molecular formula is C8H13NO3S. The van der Waals surface area contributed by atoms with Crippen molar-refractivity contribution >= 4 is 15.7 Å². The fourth-order valence-corrected chi connectivity index (χ4v) is 4.11. The van der Waals surface area contributed by atoms with Gasteiger partial charge in [-0.25, -0.2) is 8.42 Å². The van der Waals surface area contributed by atoms with Crippen molar-refractivity contribution in [2.75, 3.05) is 5.75 Å². The molecular weight excluding hydrogens is 190 g/mol. The molecule has 1 heterocycles. The first-order valence-corrected chi connectivity index (χ1v) is 6.24. The van der Waals surface area contributed by atoms with E-state index in [1.54, 1.807) is 0 Å². The van der Waals surface area contributed by atoms with Crippen LogP contribution in [-0.4, -0.2) is 24.9 Å². The summed E-state index contributed by atoms with van der Waals surface area (Å²) in [6.45, 7) is 0. The smallest absolute Gasteiger partial charge is 0.236 e. The Balaban J connectivity index is 2.35. The lowest BCUT2D eigenvalue weighted by atomic mass is 9.95. The second-order valence-corrected chi connectivity index (χ2v) is 6.16. The zero-order chi connectivity index (χ0) is 9.53. The highest BCUT2D eigenvalue weighted by Gasteiger charge is 2.51. The number of rotatable bonds is 0. The molecule has 1 amide bonds. The number of sulfone groups is 1. The highest BCUT2D eigenvalue weighted by atomic mass is 32.2. The monoisotopic (exact) mass is 203 g/mol. The van der Waals surface area contributed by atoms with E-state index in [0.717, 1.165) is 19.3 Å². The minimum absolute atomic E-state index is 0.313. The first kappa shape index (κ1) is 8.99. The van der Waals surface area contributed by atoms with Crippen molar-refractivity contribution in [3.63, 3.8) is 0 Å². The van der Waals surface area contributed by atoms with E-state index in [4.69, 9.17) is 0 Å². The van der Waals surface area contributed by atoms with Gasteiger partial charge in [-0.2, -0.15) is 0 Å². The topological polar surface area (TPSA) is 63.2 Å². The van der Waals surface area contributed by atoms with E-state index in [2.05, 4.69) is 5.32 Å². The van der Waals surface area contributed by atoms with E-state index in [0.29, 0.717) is 12.8 Å². The number of hydrogen-bond donors (Lipinski definition) is 1. The van der Waals surface area contributed by atoms with E-state index < -0.39 is 14.7 Å². The minimum atomic E-state index is -3.22. The summed E-state index contributed by atoms with van der Waals surface area (Å²) in [6.07, 6.45) is 4.08. The molecule has 0 atom stereocenters. The maximum atomic E-state index is 11.7. The summed E-state index contributed by atoms with van der Waals surface area (Å²) in [5.74, 6) is -0.644. The maximum Gasteiger partial charge on any atom is 0.236 e. The summed E-state index contributed by atoms with van der Waals surface area (Å²) in [7, 11) is -3.22. The van der Waals surface area contributed by atoms with Crippen LogP contribution in [0.1, 0.15) is 32.1 Å². The first-order valence-electron chi connectivity index (χ1n) is 4.59. The van der Waals surface area contributed by atoms with Gasteiger partial charge < -0.3 is 5.32 Å². The van der Waals surface area contributed by atoms with Crippen LogP contribution in [0.15, 0.2) is 0 Å². The van der Waals surface area contributed by atoms with Gasteiger partial charge >= 0.3 is 0 Å². The Hall–Kier alpha value is -0.580. The Labute approximate surface area is 77.6 Å². The molecule has 2 rings (SSSR count). The van der Waals surface area contributed by atoms with Gasteiger partial charge in [0.2, 0.25) is 5.91 Å². The van der Waals surface area contributed by atoms with Gasteiger partial charge in [-0.05, 0) is 12.8 Å². The van der Waals surface area contributed by atoms with E-state index in [-0.39, 0.29) is 11.7 Å². The molecule has 4 nitrogen and oxygen atoms in total. The summed E-state index contributed by atoms with van der Waals surface area (Å²) >= 11 is 0. The summed E-state index contributed by atoms with van der Waals surface area (Å²) in [5, 5.41) is 2.63. The first-order chi connectivity index (χ1) is 6.06. The van der Waals surface area contributed by atoms with Gasteiger partial charge in [-0.1, -0.05) is 19.3 Å². The Kier molecular flexibility index (Phi) is 1.87. The van der Waals surface area contributed by atoms with Crippen LogP contribution in [0.25, 0.3) is 0 Å². The molecule has 5 heteroatoms. The van der Waals surface area contributed by atoms with E-state index >= 15 is 0 Å². The van der Waals surface area contributed by atoms with Crippen molar-refractivity contribution in [1.82, 2.24) is 5.32 Å². The zero-order valence-electron chi connectivity index (χ0n) is 7.38. The van der Waals surface area contributed by atoms with Gasteiger partial charge in [0.25, 0.3) is 0 Å². The van der Waals surface area contributed by atoms with Crippen LogP contribution in [-0.2, 0) is 14.6 Å². The molecule has 1 saturated heterocycles. The normalized spacial score (nSPS) is 30.3. The molecule has 0 aromatic heterocycles. The van der Waals surface area contributed by atoms with Gasteiger partial charge in [0, 0.05) is 0 Å². The molecule has 0 aromatic carbocycles. The highest BCUT2D eigenvalue weighted by Crippen LogP contribution is 2.36. The van der Waals surface area contributed by atoms with Crippen molar-refractivity contribution in [1.29, 1.82) is 0 Å². The summed E-state index contributed by atoms with van der Waals surface area (Å²) in [4.78, 5) is 10.2. The molecule has 1 aliphatic carbocycles. The van der Waals surface area contributed by atoms with Crippen LogP contribution in [0.4, 0.5) is 0 Å². The largest absolute Gasteiger partial charge is 0.336 e. The van der Waals surface area contributed by atoms with Crippen LogP contribution in [0, 0.1) is 0 Å². The van der Waals surface area contributed by atoms with Gasteiger partial charge in [-0.3, -0.25) is 4.79 Å². The number of carbonyl (C=O) groups excluding carboxylic acids is 1. The van der Waals surface area contributed by atoms with Gasteiger partial charge in [0.05, 0.1) is 0 Å². The quantitative estimate of drug-likeness (QED) is 0.611. The molecule has 13 heavy (non-hydrogen) atoms. The summed E-state index contributed by atoms with van der Waals surface area (Å²) in [6, 6.07) is 0. The average molecular weight is 203 g/mol. The second-order valence-electron chi connectivity index (χ2n) is 3.86. The van der Waals surface area contributed by atoms with Crippen LogP contribution >= 0.6 is 0 Å². The third-order valence-corrected chi connectivity index (χ3v) is 5.29. The number of carbonyl (C=O) groups is 1. The lowest BCUT2D eigenvalue weighted by Crippen LogP contribution is -2.47. The van der Waals surface area contributed by atoms with Gasteiger partial charge in [-0.15, -0.1) is 0 Å². The average Bonchev–Trinajstić information content (AvgIpc) is 2.23. The van der Waals surface area contributed by atoms with Crippen LogP contribution in [0.3, 0.4) is 0 Å². The van der Waals surface area contributed by atoms with Gasteiger partial charge in [0.1, 0.15) is 10.6 Å². The standard InChI is InChI=1S/C8H13NO3S/c10-7-6-13(11,12)8(9-7)4-2-1-3-5-8/h1-6H2,(H,9,10). The number of amides is 1. The second kappa shape index (κ2) is 2.70. The molecule has 1 spiro atoms. The predicted molar refractivity (Wildman–Crippen MR) is 47.7 cm³/mol. The Morgan fingerprint density at radius 2 is 1.77 bits per heavy atom. The third kappa shape index (κ3) is 1.25. The van der Waals surface area contributed by atoms with Crippen LogP contribution in [0.2, 0.25) is 0 Å². The Morgan fingerprint density at radius 3 is 2.23 bits per heavy atom. The summed E-state index contributed by atoms with van der Waals surface area (Å²) < 4.78 is 23.3. The zero-order valence-corrected chi connectivity index (χ0v) is 8.19. The molecule has 1 aliphatic heterocycles. The van der Waals surface area contributed by atoms with Crippen molar-refractivity contribution < 1.29 is 13.2 Å². The molecule has 0 unspecified atom stereocenters. The lowest BCUT2D eigenvalue weighted by molar-refractivity contribution is -0.118. The molecule has 1 saturated carbocycles. The van der Waals surface area contributed by atoms with E-state index in [9.17, 15) is 13.2 Å². The highest BCUT2D eigenvalue weighted by molar-refractivity contribution is 7.94. The fraction of sp³-hybridized carbons (Fsp3) is 0.875. The lowest BCUT2D eigenvalue weighted by Gasteiger charge is -2.31. The van der Waals surface area contributed by atoms with Crippen LogP contribution in [0.5, 0.6) is 0 Å². The Morgan fingerprint density at radius 1 is 1.15 bits per heavy atom. The molecule has 74 valence electrons. The predicted octanol–water partition coefficient (Wildman–Crippen LogP) is 0.191. The van der Waals surface area contributed by atoms with E-state index in [1.165, 1.54) is 0 Å². The van der Waals surface area contributed by atoms with Crippen molar-refractivity contribution in [2.24, 2.45) is 0 Å². The number of hydrogen-bond acceptors (Lipinski definition) is 3. The van der Waals surface area contributed by atoms with Crippen molar-refractivity contribution in [3.8, 4) is 0 Å². The molecule has 0 radical (unpaired) electrons. The van der Waals surface area contributed by atoms with E-state index in [1.807, 2.05) is 0 Å². The van der Waals surface area contributed by atoms with Crippen LogP contribution < -0.4 is 5.32 Å². The SMILES string of the molecule is O=C1CS(=O)(=O)C2(CCCCC2)N1. The molecule has 0 bridgehead atoms. The molecule has 0 aromatic rings. The molecule has 2 fully saturated rings. The maximum absolute atomic E-state index is 11.7. The fourth-order valence-electron chi connectivity index (χ4n) is 2.24. The third-order valence-electron chi connectivity index (χ3n) is 2.94. The van der Waals surface area contributed by atoms with Gasteiger partial charge in [0.15, 0.2) is 9.84 Å². The molecule has 1 N–H and O–H groups in total. The minimum Gasteiger partial charge on any atom is -0.336 e.